The number of nitrogens with zero attached hydrogens (tertiary/aromatic N) is 2. The zero-order chi connectivity index (χ0) is 33.5. The van der Waals surface area contributed by atoms with Crippen LogP contribution in [0.1, 0.15) is 50.4 Å². The normalized spacial score (nSPS) is 21.2. The minimum absolute atomic E-state index is 0.0679. The number of nitrogens with one attached hydrogen (secondary N) is 1. The molecule has 252 valence electrons. The maximum atomic E-state index is 14.3. The number of aliphatic hydroxyl groups is 1. The Hall–Kier alpha value is -3.01. The lowest BCUT2D eigenvalue weighted by Gasteiger charge is -2.35. The van der Waals surface area contributed by atoms with E-state index in [-0.39, 0.29) is 52.1 Å². The van der Waals surface area contributed by atoms with Gasteiger partial charge in [0.1, 0.15) is 9.96 Å². The molecule has 0 unspecified atom stereocenters. The van der Waals surface area contributed by atoms with E-state index in [9.17, 15) is 26.7 Å². The van der Waals surface area contributed by atoms with E-state index < -0.39 is 38.1 Å². The molecule has 1 aliphatic rings. The first-order valence-electron chi connectivity index (χ1n) is 15.2. The molecule has 1 aromatic heterocycles. The Bertz CT molecular complexity index is 1650. The Balaban J connectivity index is 1.68. The lowest BCUT2D eigenvalue weighted by atomic mass is 10.0. The second kappa shape index (κ2) is 15.7. The lowest BCUT2D eigenvalue weighted by Crippen LogP contribution is -2.48. The van der Waals surface area contributed by atoms with Crippen LogP contribution in [0.15, 0.2) is 75.1 Å². The molecule has 2 heterocycles. The van der Waals surface area contributed by atoms with E-state index in [4.69, 9.17) is 9.47 Å². The number of hydrogen-bond acceptors (Lipinski definition) is 9. The standard InChI is InChI=1S/C32H43N3O8S3/c1-23-20-35(24(2)22-36)32(37)28-19-26(33-45(38,39)27-12-6-5-7-13-27)15-16-29(28)43-25(3)11-8-9-17-42-30(23)21-34(4)46(40,41)31-14-10-18-44-31/h5-7,10,12-16,18-19,23-25,30,33,36H,8-9,11,17,20-22H2,1-4H3/t23-,24-,25-,30-/m0/s1. The van der Waals surface area contributed by atoms with Crippen molar-refractivity contribution in [3.63, 3.8) is 0 Å². The number of fused-ring (bicyclic) bond motifs is 1. The lowest BCUT2D eigenvalue weighted by molar-refractivity contribution is -0.00832. The van der Waals surface area contributed by atoms with Crippen molar-refractivity contribution in [1.29, 1.82) is 0 Å². The predicted octanol–water partition coefficient (Wildman–Crippen LogP) is 4.67. The molecular weight excluding hydrogens is 651 g/mol. The van der Waals surface area contributed by atoms with Gasteiger partial charge < -0.3 is 19.5 Å². The molecule has 0 fully saturated rings. The van der Waals surface area contributed by atoms with Gasteiger partial charge in [0.2, 0.25) is 0 Å². The summed E-state index contributed by atoms with van der Waals surface area (Å²) in [6.07, 6.45) is 1.35. The molecule has 4 atom stereocenters. The second-order valence-electron chi connectivity index (χ2n) is 11.6. The molecule has 46 heavy (non-hydrogen) atoms. The Labute approximate surface area is 276 Å². The summed E-state index contributed by atoms with van der Waals surface area (Å²) in [5.74, 6) is -0.508. The van der Waals surface area contributed by atoms with Gasteiger partial charge in [-0.15, -0.1) is 11.3 Å². The molecule has 0 aliphatic carbocycles. The van der Waals surface area contributed by atoms with Crippen molar-refractivity contribution in [3.8, 4) is 5.75 Å². The summed E-state index contributed by atoms with van der Waals surface area (Å²) in [5, 5.41) is 11.9. The number of thiophene rings is 1. The fraction of sp³-hybridized carbons (Fsp3) is 0.469. The van der Waals surface area contributed by atoms with Crippen LogP contribution in [0, 0.1) is 5.92 Å². The van der Waals surface area contributed by atoms with Crippen LogP contribution >= 0.6 is 11.3 Å². The van der Waals surface area contributed by atoms with Crippen LogP contribution in [0.2, 0.25) is 0 Å². The largest absolute Gasteiger partial charge is 0.490 e. The first kappa shape index (κ1) is 35.8. The van der Waals surface area contributed by atoms with Crippen LogP contribution in [-0.4, -0.2) is 88.7 Å². The van der Waals surface area contributed by atoms with Crippen molar-refractivity contribution >= 4 is 43.0 Å². The number of carbonyl (C=O) groups is 1. The summed E-state index contributed by atoms with van der Waals surface area (Å²) >= 11 is 1.14. The maximum Gasteiger partial charge on any atom is 0.261 e. The highest BCUT2D eigenvalue weighted by Crippen LogP contribution is 2.30. The molecule has 0 radical (unpaired) electrons. The number of amides is 1. The van der Waals surface area contributed by atoms with Crippen molar-refractivity contribution in [2.75, 3.05) is 38.1 Å². The molecule has 2 N–H and O–H groups in total. The van der Waals surface area contributed by atoms with Gasteiger partial charge in [-0.05, 0) is 74.9 Å². The number of carbonyl (C=O) groups excluding carboxylic acids is 1. The van der Waals surface area contributed by atoms with Crippen LogP contribution in [0.5, 0.6) is 5.75 Å². The predicted molar refractivity (Wildman–Crippen MR) is 178 cm³/mol. The number of ether oxygens (including phenoxy) is 2. The molecule has 0 bridgehead atoms. The Morgan fingerprint density at radius 1 is 1.07 bits per heavy atom. The third kappa shape index (κ3) is 8.87. The SMILES string of the molecule is C[C@H]1CCCCO[C@@H](CN(C)S(=O)(=O)c2cccs2)[C@@H](C)CN([C@@H](C)CO)C(=O)c2cc(NS(=O)(=O)c3ccccc3)ccc2O1. The molecule has 11 nitrogen and oxygen atoms in total. The number of rotatable bonds is 9. The van der Waals surface area contributed by atoms with E-state index in [0.29, 0.717) is 18.8 Å². The van der Waals surface area contributed by atoms with Gasteiger partial charge in [0.05, 0.1) is 35.3 Å². The van der Waals surface area contributed by atoms with Gasteiger partial charge in [-0.2, -0.15) is 4.31 Å². The number of anilines is 1. The zero-order valence-corrected chi connectivity index (χ0v) is 29.0. The summed E-state index contributed by atoms with van der Waals surface area (Å²) in [6.45, 7) is 5.77. The average Bonchev–Trinajstić information content (AvgIpc) is 3.59. The van der Waals surface area contributed by atoms with Crippen molar-refractivity contribution in [2.45, 2.75) is 67.4 Å². The quantitative estimate of drug-likeness (QED) is 0.330. The van der Waals surface area contributed by atoms with E-state index in [0.717, 1.165) is 24.2 Å². The Morgan fingerprint density at radius 3 is 2.48 bits per heavy atom. The molecule has 0 saturated carbocycles. The number of hydrogen-bond donors (Lipinski definition) is 2. The number of sulfonamides is 2. The van der Waals surface area contributed by atoms with Crippen LogP contribution < -0.4 is 9.46 Å². The number of aliphatic hydroxyl groups excluding tert-OH is 1. The molecular formula is C32H43N3O8S3. The van der Waals surface area contributed by atoms with Crippen molar-refractivity contribution in [2.24, 2.45) is 5.92 Å². The maximum absolute atomic E-state index is 14.3. The summed E-state index contributed by atoms with van der Waals surface area (Å²) in [5.41, 5.74) is 0.319. The number of likely N-dealkylation sites (N-methyl/N-ethyl adjacent to an activating group) is 1. The van der Waals surface area contributed by atoms with E-state index in [1.807, 2.05) is 13.8 Å². The van der Waals surface area contributed by atoms with Crippen LogP contribution in [0.3, 0.4) is 0 Å². The number of benzene rings is 2. The Kier molecular flexibility index (Phi) is 12.2. The van der Waals surface area contributed by atoms with Gasteiger partial charge in [0, 0.05) is 38.3 Å². The van der Waals surface area contributed by atoms with Gasteiger partial charge in [-0.25, -0.2) is 16.8 Å². The fourth-order valence-corrected chi connectivity index (χ4v) is 8.63. The van der Waals surface area contributed by atoms with Crippen molar-refractivity contribution < 1.29 is 36.2 Å². The van der Waals surface area contributed by atoms with Gasteiger partial charge in [-0.1, -0.05) is 31.2 Å². The van der Waals surface area contributed by atoms with Crippen molar-refractivity contribution in [3.05, 3.63) is 71.6 Å². The highest BCUT2D eigenvalue weighted by Gasteiger charge is 2.33. The van der Waals surface area contributed by atoms with E-state index in [1.54, 1.807) is 54.8 Å². The topological polar surface area (TPSA) is 143 Å². The smallest absolute Gasteiger partial charge is 0.261 e. The first-order chi connectivity index (χ1) is 21.8. The van der Waals surface area contributed by atoms with Gasteiger partial charge in [-0.3, -0.25) is 9.52 Å². The van der Waals surface area contributed by atoms with Crippen LogP contribution in [0.25, 0.3) is 0 Å². The summed E-state index contributed by atoms with van der Waals surface area (Å²) < 4.78 is 69.2. The fourth-order valence-electron chi connectivity index (χ4n) is 5.18. The summed E-state index contributed by atoms with van der Waals surface area (Å²) in [6, 6.07) is 15.1. The molecule has 14 heteroatoms. The van der Waals surface area contributed by atoms with Gasteiger partial charge in [0.25, 0.3) is 26.0 Å². The third-order valence-corrected chi connectivity index (χ3v) is 12.5. The molecule has 2 aromatic carbocycles. The average molecular weight is 694 g/mol. The van der Waals surface area contributed by atoms with E-state index >= 15 is 0 Å². The third-order valence-electron chi connectivity index (χ3n) is 7.95. The highest BCUT2D eigenvalue weighted by molar-refractivity contribution is 7.92. The van der Waals surface area contributed by atoms with Gasteiger partial charge >= 0.3 is 0 Å². The molecule has 1 aliphatic heterocycles. The van der Waals surface area contributed by atoms with E-state index in [1.165, 1.54) is 34.5 Å². The molecule has 0 spiro atoms. The second-order valence-corrected chi connectivity index (χ2v) is 16.5. The van der Waals surface area contributed by atoms with Gasteiger partial charge in [0.15, 0.2) is 0 Å². The van der Waals surface area contributed by atoms with Crippen LogP contribution in [-0.2, 0) is 24.8 Å². The first-order valence-corrected chi connectivity index (χ1v) is 19.1. The minimum Gasteiger partial charge on any atom is -0.490 e. The summed E-state index contributed by atoms with van der Waals surface area (Å²) in [7, 11) is -6.15. The zero-order valence-electron chi connectivity index (χ0n) is 26.5. The summed E-state index contributed by atoms with van der Waals surface area (Å²) in [4.78, 5) is 15.9. The molecule has 0 saturated heterocycles. The van der Waals surface area contributed by atoms with Crippen LogP contribution in [0.4, 0.5) is 5.69 Å². The van der Waals surface area contributed by atoms with E-state index in [2.05, 4.69) is 4.72 Å². The monoisotopic (exact) mass is 693 g/mol. The minimum atomic E-state index is -3.93. The molecule has 1 amide bonds. The molecule has 3 aromatic rings. The highest BCUT2D eigenvalue weighted by atomic mass is 32.2. The molecule has 4 rings (SSSR count). The Morgan fingerprint density at radius 2 is 1.80 bits per heavy atom. The van der Waals surface area contributed by atoms with Crippen molar-refractivity contribution in [1.82, 2.24) is 9.21 Å².